The van der Waals surface area contributed by atoms with Crippen molar-refractivity contribution < 1.29 is 4.79 Å². The zero-order valence-corrected chi connectivity index (χ0v) is 18.3. The number of hydrogen-bond acceptors (Lipinski definition) is 5. The van der Waals surface area contributed by atoms with Crippen molar-refractivity contribution >= 4 is 33.1 Å². The van der Waals surface area contributed by atoms with Gasteiger partial charge in [0.2, 0.25) is 5.91 Å². The van der Waals surface area contributed by atoms with Gasteiger partial charge in [0.15, 0.2) is 0 Å². The standard InChI is InChI=1S/C24H28N4OS/c1-17(24(29)25-20-10-9-18-5-4-6-19(18)15-20)28-13-11-27(12-14-28)16-23-26-21-7-2-3-8-22(21)30-23/h2-3,7-10,15,17H,4-6,11-14,16H2,1H3,(H,25,29). The zero-order valence-electron chi connectivity index (χ0n) is 17.4. The number of carbonyl (C=O) groups is 1. The molecule has 5 nitrogen and oxygen atoms in total. The first kappa shape index (κ1) is 19.7. The Morgan fingerprint density at radius 3 is 2.73 bits per heavy atom. The molecule has 1 aliphatic heterocycles. The van der Waals surface area contributed by atoms with Gasteiger partial charge in [-0.2, -0.15) is 0 Å². The number of anilines is 1. The molecule has 30 heavy (non-hydrogen) atoms. The Morgan fingerprint density at radius 1 is 1.10 bits per heavy atom. The summed E-state index contributed by atoms with van der Waals surface area (Å²) in [6.45, 7) is 6.65. The van der Waals surface area contributed by atoms with Crippen molar-refractivity contribution in [1.29, 1.82) is 0 Å². The van der Waals surface area contributed by atoms with E-state index in [9.17, 15) is 4.79 Å². The van der Waals surface area contributed by atoms with Gasteiger partial charge in [0, 0.05) is 31.9 Å². The van der Waals surface area contributed by atoms with Crippen molar-refractivity contribution in [2.45, 2.75) is 38.8 Å². The Kier molecular flexibility index (Phi) is 5.54. The summed E-state index contributed by atoms with van der Waals surface area (Å²) < 4.78 is 1.25. The molecule has 1 N–H and O–H groups in total. The predicted octanol–water partition coefficient (Wildman–Crippen LogP) is 3.93. The van der Waals surface area contributed by atoms with E-state index >= 15 is 0 Å². The van der Waals surface area contributed by atoms with Gasteiger partial charge in [0.1, 0.15) is 5.01 Å². The fraction of sp³-hybridized carbons (Fsp3) is 0.417. The van der Waals surface area contributed by atoms with Crippen LogP contribution in [-0.4, -0.2) is 52.9 Å². The molecule has 1 aliphatic carbocycles. The van der Waals surface area contributed by atoms with Crippen molar-refractivity contribution in [1.82, 2.24) is 14.8 Å². The summed E-state index contributed by atoms with van der Waals surface area (Å²) in [5.41, 5.74) is 4.85. The lowest BCUT2D eigenvalue weighted by molar-refractivity contribution is -0.121. The van der Waals surface area contributed by atoms with Gasteiger partial charge in [-0.25, -0.2) is 4.98 Å². The predicted molar refractivity (Wildman–Crippen MR) is 123 cm³/mol. The normalized spacial score (nSPS) is 18.4. The van der Waals surface area contributed by atoms with Crippen LogP contribution in [0.4, 0.5) is 5.69 Å². The van der Waals surface area contributed by atoms with E-state index < -0.39 is 0 Å². The lowest BCUT2D eigenvalue weighted by Crippen LogP contribution is -2.52. The Hall–Kier alpha value is -2.28. The number of fused-ring (bicyclic) bond motifs is 2. The third-order valence-electron chi connectivity index (χ3n) is 6.40. The molecule has 2 aliphatic rings. The quantitative estimate of drug-likeness (QED) is 0.679. The van der Waals surface area contributed by atoms with Crippen molar-refractivity contribution in [2.75, 3.05) is 31.5 Å². The van der Waals surface area contributed by atoms with Crippen LogP contribution in [0.1, 0.15) is 29.5 Å². The summed E-state index contributed by atoms with van der Waals surface area (Å²) in [6, 6.07) is 14.6. The molecule has 2 heterocycles. The van der Waals surface area contributed by atoms with Crippen LogP contribution in [0.2, 0.25) is 0 Å². The van der Waals surface area contributed by atoms with Crippen molar-refractivity contribution in [3.63, 3.8) is 0 Å². The number of nitrogens with one attached hydrogen (secondary N) is 1. The topological polar surface area (TPSA) is 48.5 Å². The van der Waals surface area contributed by atoms with Gasteiger partial charge in [-0.15, -0.1) is 11.3 Å². The average Bonchev–Trinajstić information content (AvgIpc) is 3.39. The molecule has 1 aromatic heterocycles. The summed E-state index contributed by atoms with van der Waals surface area (Å²) >= 11 is 1.78. The first-order valence-corrected chi connectivity index (χ1v) is 11.7. The van der Waals surface area contributed by atoms with E-state index in [-0.39, 0.29) is 11.9 Å². The van der Waals surface area contributed by atoms with Gasteiger partial charge in [-0.3, -0.25) is 14.6 Å². The summed E-state index contributed by atoms with van der Waals surface area (Å²) in [5, 5.41) is 4.31. The fourth-order valence-corrected chi connectivity index (χ4v) is 5.56. The van der Waals surface area contributed by atoms with Gasteiger partial charge < -0.3 is 5.32 Å². The molecular weight excluding hydrogens is 392 g/mol. The van der Waals surface area contributed by atoms with Gasteiger partial charge >= 0.3 is 0 Å². The molecule has 1 fully saturated rings. The van der Waals surface area contributed by atoms with Crippen LogP contribution in [0.3, 0.4) is 0 Å². The number of nitrogens with zero attached hydrogens (tertiary/aromatic N) is 3. The first-order chi connectivity index (χ1) is 14.7. The number of thiazole rings is 1. The largest absolute Gasteiger partial charge is 0.325 e. The minimum absolute atomic E-state index is 0.0903. The number of aryl methyl sites for hydroxylation is 2. The molecule has 1 unspecified atom stereocenters. The lowest BCUT2D eigenvalue weighted by Gasteiger charge is -2.37. The summed E-state index contributed by atoms with van der Waals surface area (Å²) in [6.07, 6.45) is 3.52. The van der Waals surface area contributed by atoms with Crippen LogP contribution in [0.15, 0.2) is 42.5 Å². The molecule has 0 saturated carbocycles. The average molecular weight is 421 g/mol. The van der Waals surface area contributed by atoms with Crippen LogP contribution < -0.4 is 5.32 Å². The Balaban J connectivity index is 1.14. The monoisotopic (exact) mass is 420 g/mol. The maximum Gasteiger partial charge on any atom is 0.241 e. The van der Waals surface area contributed by atoms with E-state index in [1.807, 2.05) is 19.1 Å². The van der Waals surface area contributed by atoms with Crippen molar-refractivity contribution in [3.05, 3.63) is 58.6 Å². The number of carbonyl (C=O) groups excluding carboxylic acids is 1. The molecule has 1 saturated heterocycles. The third-order valence-corrected chi connectivity index (χ3v) is 7.42. The lowest BCUT2D eigenvalue weighted by atomic mass is 10.1. The van der Waals surface area contributed by atoms with E-state index in [4.69, 9.17) is 4.98 Å². The molecule has 1 amide bonds. The number of para-hydroxylation sites is 1. The van der Waals surface area contributed by atoms with Gasteiger partial charge in [-0.1, -0.05) is 18.2 Å². The van der Waals surface area contributed by atoms with Crippen LogP contribution in [0, 0.1) is 0 Å². The summed E-state index contributed by atoms with van der Waals surface area (Å²) in [7, 11) is 0. The zero-order chi connectivity index (χ0) is 20.5. The van der Waals surface area contributed by atoms with Gasteiger partial charge in [0.25, 0.3) is 0 Å². The number of piperazine rings is 1. The Labute approximate surface area is 181 Å². The Bertz CT molecular complexity index is 1020. The van der Waals surface area contributed by atoms with E-state index in [0.29, 0.717) is 0 Å². The molecular formula is C24H28N4OS. The SMILES string of the molecule is CC(C(=O)Nc1ccc2c(c1)CCC2)N1CCN(Cc2nc3ccccc3s2)CC1. The maximum absolute atomic E-state index is 12.8. The molecule has 3 aromatic rings. The number of rotatable bonds is 5. The second kappa shape index (κ2) is 8.46. The number of aromatic nitrogens is 1. The highest BCUT2D eigenvalue weighted by Gasteiger charge is 2.26. The van der Waals surface area contributed by atoms with Gasteiger partial charge in [-0.05, 0) is 61.6 Å². The van der Waals surface area contributed by atoms with E-state index in [1.165, 1.54) is 33.7 Å². The van der Waals surface area contributed by atoms with Crippen molar-refractivity contribution in [3.8, 4) is 0 Å². The van der Waals surface area contributed by atoms with Crippen LogP contribution in [0.5, 0.6) is 0 Å². The fourth-order valence-electron chi connectivity index (χ4n) is 4.55. The number of hydrogen-bond donors (Lipinski definition) is 1. The minimum Gasteiger partial charge on any atom is -0.325 e. The highest BCUT2D eigenvalue weighted by Crippen LogP contribution is 2.25. The van der Waals surface area contributed by atoms with Crippen LogP contribution in [0.25, 0.3) is 10.2 Å². The first-order valence-electron chi connectivity index (χ1n) is 10.9. The second-order valence-electron chi connectivity index (χ2n) is 8.39. The minimum atomic E-state index is -0.122. The van der Waals surface area contributed by atoms with E-state index in [1.54, 1.807) is 11.3 Å². The van der Waals surface area contributed by atoms with Crippen LogP contribution >= 0.6 is 11.3 Å². The second-order valence-corrected chi connectivity index (χ2v) is 9.50. The highest BCUT2D eigenvalue weighted by molar-refractivity contribution is 7.18. The molecule has 5 rings (SSSR count). The molecule has 1 atom stereocenters. The number of benzene rings is 2. The maximum atomic E-state index is 12.8. The molecule has 0 bridgehead atoms. The highest BCUT2D eigenvalue weighted by atomic mass is 32.1. The van der Waals surface area contributed by atoms with E-state index in [0.717, 1.165) is 50.3 Å². The van der Waals surface area contributed by atoms with Crippen LogP contribution in [-0.2, 0) is 24.2 Å². The summed E-state index contributed by atoms with van der Waals surface area (Å²) in [5.74, 6) is 0.0903. The smallest absolute Gasteiger partial charge is 0.241 e. The Morgan fingerprint density at radius 2 is 1.90 bits per heavy atom. The molecule has 156 valence electrons. The molecule has 2 aromatic carbocycles. The summed E-state index contributed by atoms with van der Waals surface area (Å²) in [4.78, 5) is 22.3. The van der Waals surface area contributed by atoms with E-state index in [2.05, 4.69) is 45.4 Å². The number of amides is 1. The van der Waals surface area contributed by atoms with Crippen molar-refractivity contribution in [2.24, 2.45) is 0 Å². The molecule has 0 radical (unpaired) electrons. The molecule has 0 spiro atoms. The molecule has 6 heteroatoms. The third kappa shape index (κ3) is 4.13. The van der Waals surface area contributed by atoms with Gasteiger partial charge in [0.05, 0.1) is 22.8 Å².